The van der Waals surface area contributed by atoms with E-state index in [1.807, 2.05) is 79.0 Å². The summed E-state index contributed by atoms with van der Waals surface area (Å²) in [6.07, 6.45) is 8.86. The van der Waals surface area contributed by atoms with E-state index in [0.29, 0.717) is 11.5 Å². The van der Waals surface area contributed by atoms with E-state index in [-0.39, 0.29) is 18.1 Å². The molecule has 1 N–H and O–H groups in total. The van der Waals surface area contributed by atoms with Crippen molar-refractivity contribution in [3.63, 3.8) is 0 Å². The molecule has 8 nitrogen and oxygen atoms in total. The van der Waals surface area contributed by atoms with Gasteiger partial charge >= 0.3 is 12.1 Å². The zero-order valence-corrected chi connectivity index (χ0v) is 24.4. The number of likely N-dealkylation sites (tertiary alicyclic amines) is 1. The summed E-state index contributed by atoms with van der Waals surface area (Å²) in [7, 11) is 0. The third kappa shape index (κ3) is 7.76. The molecule has 5 rings (SSSR count). The van der Waals surface area contributed by atoms with Crippen molar-refractivity contribution in [1.82, 2.24) is 19.6 Å². The fourth-order valence-corrected chi connectivity index (χ4v) is 5.79. The Kier molecular flexibility index (Phi) is 8.78. The summed E-state index contributed by atoms with van der Waals surface area (Å²) in [5.74, 6) is -0.152. The summed E-state index contributed by atoms with van der Waals surface area (Å²) in [6.45, 7) is 9.60. The van der Waals surface area contributed by atoms with E-state index in [4.69, 9.17) is 9.84 Å². The molecule has 1 aromatic heterocycles. The molecule has 2 aromatic carbocycles. The SMILES string of the molecule is CC(C)(C)OC(=O)N(CC1CCN(CCCc2ccc(C(=O)O)cc2)CC1)C1CC1c1cnn(-c2ccccc2)c1. The van der Waals surface area contributed by atoms with Gasteiger partial charge in [-0.3, -0.25) is 0 Å². The van der Waals surface area contributed by atoms with Crippen LogP contribution in [0.2, 0.25) is 0 Å². The zero-order valence-electron chi connectivity index (χ0n) is 24.4. The minimum atomic E-state index is -0.888. The smallest absolute Gasteiger partial charge is 0.410 e. The Balaban J connectivity index is 1.13. The van der Waals surface area contributed by atoms with Crippen molar-refractivity contribution in [2.45, 2.75) is 70.4 Å². The molecule has 2 unspecified atom stereocenters. The Morgan fingerprint density at radius 3 is 2.41 bits per heavy atom. The summed E-state index contributed by atoms with van der Waals surface area (Å²) in [4.78, 5) is 28.9. The number of ether oxygens (including phenoxy) is 1. The standard InChI is InChI=1S/C33H42N4O4/c1-33(2,3)41-32(40)36(30-20-29(30)27-21-34-37(23-27)28-9-5-4-6-10-28)22-25-15-18-35(19-16-25)17-7-8-24-11-13-26(14-12-24)31(38)39/h4-6,9-14,21,23,25,29-30H,7-8,15-20,22H2,1-3H3,(H,38,39). The molecule has 8 heteroatoms. The summed E-state index contributed by atoms with van der Waals surface area (Å²) < 4.78 is 7.77. The van der Waals surface area contributed by atoms with E-state index in [1.54, 1.807) is 12.1 Å². The first kappa shape index (κ1) is 28.9. The molecule has 1 aliphatic heterocycles. The lowest BCUT2D eigenvalue weighted by atomic mass is 9.95. The van der Waals surface area contributed by atoms with Crippen molar-refractivity contribution in [1.29, 1.82) is 0 Å². The van der Waals surface area contributed by atoms with Crippen molar-refractivity contribution in [2.75, 3.05) is 26.2 Å². The van der Waals surface area contributed by atoms with Crippen LogP contribution < -0.4 is 0 Å². The molecule has 2 atom stereocenters. The predicted octanol–water partition coefficient (Wildman–Crippen LogP) is 6.01. The quantitative estimate of drug-likeness (QED) is 0.328. The second-order valence-corrected chi connectivity index (χ2v) is 12.5. The number of carboxylic acids is 1. The summed E-state index contributed by atoms with van der Waals surface area (Å²) in [5.41, 5.74) is 3.17. The maximum Gasteiger partial charge on any atom is 0.410 e. The molecule has 41 heavy (non-hydrogen) atoms. The van der Waals surface area contributed by atoms with Crippen LogP contribution >= 0.6 is 0 Å². The average Bonchev–Trinajstić information content (AvgIpc) is 3.58. The van der Waals surface area contributed by atoms with Crippen molar-refractivity contribution in [3.8, 4) is 5.69 Å². The highest BCUT2D eigenvalue weighted by Gasteiger charge is 2.47. The molecule has 0 spiro atoms. The number of piperidine rings is 1. The molecular formula is C33H42N4O4. The normalized spacial score (nSPS) is 19.6. The van der Waals surface area contributed by atoms with Crippen molar-refractivity contribution in [3.05, 3.63) is 83.7 Å². The van der Waals surface area contributed by atoms with E-state index >= 15 is 0 Å². The number of amides is 1. The molecule has 1 aliphatic carbocycles. The number of aromatic nitrogens is 2. The Morgan fingerprint density at radius 2 is 1.76 bits per heavy atom. The van der Waals surface area contributed by atoms with Crippen LogP contribution in [-0.4, -0.2) is 74.6 Å². The second-order valence-electron chi connectivity index (χ2n) is 12.5. The van der Waals surface area contributed by atoms with Crippen LogP contribution in [-0.2, 0) is 11.2 Å². The number of nitrogens with zero attached hydrogens (tertiary/aromatic N) is 4. The van der Waals surface area contributed by atoms with Crippen LogP contribution in [0.4, 0.5) is 4.79 Å². The van der Waals surface area contributed by atoms with Gasteiger partial charge in [-0.15, -0.1) is 0 Å². The van der Waals surface area contributed by atoms with Gasteiger partial charge in [0, 0.05) is 24.7 Å². The molecule has 2 heterocycles. The lowest BCUT2D eigenvalue weighted by Crippen LogP contribution is -2.44. The van der Waals surface area contributed by atoms with E-state index in [1.165, 1.54) is 11.1 Å². The molecule has 218 valence electrons. The average molecular weight is 559 g/mol. The van der Waals surface area contributed by atoms with E-state index in [2.05, 4.69) is 16.2 Å². The minimum Gasteiger partial charge on any atom is -0.478 e. The van der Waals surface area contributed by atoms with Crippen LogP contribution in [0.5, 0.6) is 0 Å². The Labute approximate surface area is 242 Å². The Morgan fingerprint density at radius 1 is 1.05 bits per heavy atom. The van der Waals surface area contributed by atoms with Gasteiger partial charge in [-0.2, -0.15) is 5.10 Å². The number of aromatic carboxylic acids is 1. The van der Waals surface area contributed by atoms with Gasteiger partial charge in [-0.1, -0.05) is 30.3 Å². The minimum absolute atomic E-state index is 0.142. The summed E-state index contributed by atoms with van der Waals surface area (Å²) in [5, 5.41) is 13.7. The second kappa shape index (κ2) is 12.5. The lowest BCUT2D eigenvalue weighted by Gasteiger charge is -2.35. The molecule has 2 fully saturated rings. The van der Waals surface area contributed by atoms with Crippen LogP contribution in [0.25, 0.3) is 5.69 Å². The first-order valence-electron chi connectivity index (χ1n) is 14.8. The van der Waals surface area contributed by atoms with Crippen LogP contribution in [0.1, 0.15) is 73.9 Å². The lowest BCUT2D eigenvalue weighted by molar-refractivity contribution is 0.0171. The molecule has 1 saturated carbocycles. The number of hydrogen-bond donors (Lipinski definition) is 1. The van der Waals surface area contributed by atoms with Gasteiger partial charge in [0.05, 0.1) is 17.4 Å². The van der Waals surface area contributed by atoms with Crippen LogP contribution in [0.15, 0.2) is 67.0 Å². The third-order valence-electron chi connectivity index (χ3n) is 8.14. The van der Waals surface area contributed by atoms with Crippen molar-refractivity contribution >= 4 is 12.1 Å². The van der Waals surface area contributed by atoms with Crippen LogP contribution in [0, 0.1) is 5.92 Å². The predicted molar refractivity (Wildman–Crippen MR) is 159 cm³/mol. The maximum atomic E-state index is 13.4. The van der Waals surface area contributed by atoms with E-state index in [9.17, 15) is 9.59 Å². The number of hydrogen-bond acceptors (Lipinski definition) is 5. The highest BCUT2D eigenvalue weighted by molar-refractivity contribution is 5.87. The van der Waals surface area contributed by atoms with Gasteiger partial charge in [-0.05, 0) is 114 Å². The number of carbonyl (C=O) groups is 2. The fourth-order valence-electron chi connectivity index (χ4n) is 5.79. The van der Waals surface area contributed by atoms with Gasteiger partial charge in [0.1, 0.15) is 5.60 Å². The first-order valence-corrected chi connectivity index (χ1v) is 14.8. The van der Waals surface area contributed by atoms with Crippen molar-refractivity contribution in [2.24, 2.45) is 5.92 Å². The highest BCUT2D eigenvalue weighted by Crippen LogP contribution is 2.45. The van der Waals surface area contributed by atoms with Gasteiger partial charge in [0.2, 0.25) is 0 Å². The topological polar surface area (TPSA) is 87.9 Å². The van der Waals surface area contributed by atoms with Crippen molar-refractivity contribution < 1.29 is 19.4 Å². The number of rotatable bonds is 10. The van der Waals surface area contributed by atoms with E-state index < -0.39 is 11.6 Å². The van der Waals surface area contributed by atoms with Crippen LogP contribution in [0.3, 0.4) is 0 Å². The molecule has 0 radical (unpaired) electrons. The van der Waals surface area contributed by atoms with Gasteiger partial charge in [-0.25, -0.2) is 14.3 Å². The maximum absolute atomic E-state index is 13.4. The fraction of sp³-hybridized carbons (Fsp3) is 0.485. The number of carbonyl (C=O) groups excluding carboxylic acids is 1. The van der Waals surface area contributed by atoms with Gasteiger partial charge in [0.15, 0.2) is 0 Å². The Bertz CT molecular complexity index is 1310. The first-order chi connectivity index (χ1) is 19.7. The molecule has 1 saturated heterocycles. The van der Waals surface area contributed by atoms with E-state index in [0.717, 1.165) is 64.0 Å². The highest BCUT2D eigenvalue weighted by atomic mass is 16.6. The third-order valence-corrected chi connectivity index (χ3v) is 8.14. The molecule has 2 aliphatic rings. The number of benzene rings is 2. The number of carboxylic acid groups (broad SMARTS) is 1. The van der Waals surface area contributed by atoms with Gasteiger partial charge in [0.25, 0.3) is 0 Å². The largest absolute Gasteiger partial charge is 0.478 e. The molecular weight excluding hydrogens is 516 g/mol. The summed E-state index contributed by atoms with van der Waals surface area (Å²) >= 11 is 0. The monoisotopic (exact) mass is 558 g/mol. The number of aryl methyl sites for hydroxylation is 1. The number of para-hydroxylation sites is 1. The molecule has 1 amide bonds. The molecule has 0 bridgehead atoms. The Hall–Kier alpha value is -3.65. The zero-order chi connectivity index (χ0) is 29.0. The van der Waals surface area contributed by atoms with Gasteiger partial charge < -0.3 is 19.6 Å². The molecule has 3 aromatic rings. The summed E-state index contributed by atoms with van der Waals surface area (Å²) in [6, 6.07) is 17.4.